The van der Waals surface area contributed by atoms with Gasteiger partial charge in [-0.05, 0) is 19.3 Å². The number of nitrogens with zero attached hydrogens (tertiary/aromatic N) is 2. The molecule has 0 aliphatic carbocycles. The maximum Gasteiger partial charge on any atom is 0.342 e. The lowest BCUT2D eigenvalue weighted by atomic mass is 10.2. The number of aromatic nitrogens is 2. The van der Waals surface area contributed by atoms with Crippen LogP contribution in [-0.4, -0.2) is 48.6 Å². The van der Waals surface area contributed by atoms with Crippen LogP contribution in [0.3, 0.4) is 0 Å². The van der Waals surface area contributed by atoms with Crippen LogP contribution in [0.2, 0.25) is 0 Å². The number of esters is 1. The zero-order valence-electron chi connectivity index (χ0n) is 10.9. The topological polar surface area (TPSA) is 92.4 Å². The zero-order chi connectivity index (χ0) is 14.0. The molecule has 1 fully saturated rings. The average molecular weight is 287 g/mol. The third kappa shape index (κ3) is 2.64. The van der Waals surface area contributed by atoms with Crippen molar-refractivity contribution in [2.45, 2.75) is 25.3 Å². The Morgan fingerprint density at radius 1 is 1.63 bits per heavy atom. The van der Waals surface area contributed by atoms with Gasteiger partial charge >= 0.3 is 5.97 Å². The van der Waals surface area contributed by atoms with Crippen molar-refractivity contribution in [3.8, 4) is 0 Å². The van der Waals surface area contributed by atoms with E-state index in [1.54, 1.807) is 6.92 Å². The number of nitrogens with one attached hydrogen (secondary N) is 1. The summed E-state index contributed by atoms with van der Waals surface area (Å²) in [6.07, 6.45) is 2.01. The normalized spacial score (nSPS) is 20.6. The first-order valence-electron chi connectivity index (χ1n) is 6.17. The number of carbonyl (C=O) groups is 1. The summed E-state index contributed by atoms with van der Waals surface area (Å²) >= 11 is 0. The molecule has 0 amide bonds. The van der Waals surface area contributed by atoms with Gasteiger partial charge in [0.15, 0.2) is 5.03 Å². The summed E-state index contributed by atoms with van der Waals surface area (Å²) in [6, 6.07) is 0. The molecule has 2 heterocycles. The van der Waals surface area contributed by atoms with E-state index < -0.39 is 16.0 Å². The van der Waals surface area contributed by atoms with Gasteiger partial charge in [-0.3, -0.25) is 5.10 Å². The van der Waals surface area contributed by atoms with Crippen molar-refractivity contribution in [1.29, 1.82) is 0 Å². The largest absolute Gasteiger partial charge is 0.462 e. The highest BCUT2D eigenvalue weighted by atomic mass is 32.2. The molecule has 1 aromatic rings. The van der Waals surface area contributed by atoms with Gasteiger partial charge in [0.25, 0.3) is 10.0 Å². The van der Waals surface area contributed by atoms with Crippen LogP contribution in [0.5, 0.6) is 0 Å². The highest BCUT2D eigenvalue weighted by Crippen LogP contribution is 2.24. The molecule has 1 aromatic heterocycles. The molecule has 106 valence electrons. The number of ether oxygens (including phenoxy) is 1. The minimum Gasteiger partial charge on any atom is -0.462 e. The predicted octanol–water partition coefficient (Wildman–Crippen LogP) is 0.617. The molecule has 19 heavy (non-hydrogen) atoms. The van der Waals surface area contributed by atoms with Gasteiger partial charge in [0.05, 0.1) is 12.8 Å². The number of hydrogen-bond donors (Lipinski definition) is 1. The maximum atomic E-state index is 12.4. The molecule has 2 rings (SSSR count). The van der Waals surface area contributed by atoms with Gasteiger partial charge in [-0.2, -0.15) is 9.40 Å². The van der Waals surface area contributed by atoms with E-state index in [1.165, 1.54) is 10.5 Å². The molecule has 7 nitrogen and oxygen atoms in total. The first kappa shape index (κ1) is 14.0. The van der Waals surface area contributed by atoms with E-state index in [4.69, 9.17) is 4.74 Å². The first-order chi connectivity index (χ1) is 8.96. The molecule has 0 saturated carbocycles. The molecule has 0 radical (unpaired) electrons. The lowest BCUT2D eigenvalue weighted by Gasteiger charge is -2.15. The molecule has 0 bridgehead atoms. The summed E-state index contributed by atoms with van der Waals surface area (Å²) < 4.78 is 31.0. The van der Waals surface area contributed by atoms with Gasteiger partial charge in [-0.25, -0.2) is 13.2 Å². The van der Waals surface area contributed by atoms with Crippen LogP contribution in [0.4, 0.5) is 0 Å². The number of H-pyrrole nitrogens is 1. The maximum absolute atomic E-state index is 12.4. The Hall–Kier alpha value is -1.41. The minimum absolute atomic E-state index is 0.0404. The van der Waals surface area contributed by atoms with E-state index in [-0.39, 0.29) is 17.2 Å². The van der Waals surface area contributed by atoms with Crippen molar-refractivity contribution in [3.05, 3.63) is 11.8 Å². The van der Waals surface area contributed by atoms with Gasteiger partial charge in [-0.15, -0.1) is 0 Å². The fourth-order valence-corrected chi connectivity index (χ4v) is 3.70. The standard InChI is InChI=1S/C11H17N3O4S/c1-3-18-11(15)9-6-12-13-10(9)19(16,17)14-5-4-8(2)7-14/h6,8H,3-5,7H2,1-2H3,(H,12,13). The molecule has 1 unspecified atom stereocenters. The van der Waals surface area contributed by atoms with Gasteiger partial charge in [0.2, 0.25) is 0 Å². The van der Waals surface area contributed by atoms with Crippen molar-refractivity contribution in [1.82, 2.24) is 14.5 Å². The van der Waals surface area contributed by atoms with Crippen LogP contribution in [0.1, 0.15) is 30.6 Å². The van der Waals surface area contributed by atoms with Crippen molar-refractivity contribution >= 4 is 16.0 Å². The fraction of sp³-hybridized carbons (Fsp3) is 0.636. The average Bonchev–Trinajstić information content (AvgIpc) is 2.97. The van der Waals surface area contributed by atoms with Crippen LogP contribution in [0, 0.1) is 5.92 Å². The number of hydrogen-bond acceptors (Lipinski definition) is 5. The van der Waals surface area contributed by atoms with E-state index in [1.807, 2.05) is 6.92 Å². The van der Waals surface area contributed by atoms with Crippen molar-refractivity contribution in [3.63, 3.8) is 0 Å². The smallest absolute Gasteiger partial charge is 0.342 e. The van der Waals surface area contributed by atoms with Crippen molar-refractivity contribution in [2.75, 3.05) is 19.7 Å². The highest BCUT2D eigenvalue weighted by molar-refractivity contribution is 7.89. The van der Waals surface area contributed by atoms with Crippen LogP contribution in [-0.2, 0) is 14.8 Å². The molecular weight excluding hydrogens is 270 g/mol. The summed E-state index contributed by atoms with van der Waals surface area (Å²) in [5.41, 5.74) is -0.0404. The molecule has 1 aliphatic rings. The monoisotopic (exact) mass is 287 g/mol. The molecule has 0 aromatic carbocycles. The molecular formula is C11H17N3O4S. The van der Waals surface area contributed by atoms with Gasteiger partial charge in [0.1, 0.15) is 5.56 Å². The first-order valence-corrected chi connectivity index (χ1v) is 7.61. The SMILES string of the molecule is CCOC(=O)c1cn[nH]c1S(=O)(=O)N1CCC(C)C1. The van der Waals surface area contributed by atoms with Gasteiger partial charge in [-0.1, -0.05) is 6.92 Å². The lowest BCUT2D eigenvalue weighted by Crippen LogP contribution is -2.30. The predicted molar refractivity (Wildman–Crippen MR) is 67.1 cm³/mol. The molecule has 1 aliphatic heterocycles. The summed E-state index contributed by atoms with van der Waals surface area (Å²) in [4.78, 5) is 11.7. The van der Waals surface area contributed by atoms with Crippen LogP contribution in [0.25, 0.3) is 0 Å². The van der Waals surface area contributed by atoms with Gasteiger partial charge in [0, 0.05) is 13.1 Å². The quantitative estimate of drug-likeness (QED) is 0.819. The Balaban J connectivity index is 2.31. The lowest BCUT2D eigenvalue weighted by molar-refractivity contribution is 0.0521. The summed E-state index contributed by atoms with van der Waals surface area (Å²) in [6.45, 7) is 4.77. The third-order valence-corrected chi connectivity index (χ3v) is 4.92. The molecule has 8 heteroatoms. The second-order valence-electron chi connectivity index (χ2n) is 4.59. The fourth-order valence-electron chi connectivity index (χ4n) is 2.07. The Kier molecular flexibility index (Phi) is 3.91. The molecule has 0 spiro atoms. The minimum atomic E-state index is -3.71. The van der Waals surface area contributed by atoms with E-state index >= 15 is 0 Å². The van der Waals surface area contributed by atoms with E-state index in [2.05, 4.69) is 10.2 Å². The summed E-state index contributed by atoms with van der Waals surface area (Å²) in [5.74, 6) is -0.356. The van der Waals surface area contributed by atoms with Crippen molar-refractivity contribution in [2.24, 2.45) is 5.92 Å². The zero-order valence-corrected chi connectivity index (χ0v) is 11.7. The van der Waals surface area contributed by atoms with Crippen LogP contribution < -0.4 is 0 Å². The van der Waals surface area contributed by atoms with Crippen LogP contribution in [0.15, 0.2) is 11.2 Å². The second kappa shape index (κ2) is 5.30. The Labute approximate surface area is 112 Å². The molecule has 1 saturated heterocycles. The number of sulfonamides is 1. The van der Waals surface area contributed by atoms with E-state index in [0.29, 0.717) is 19.0 Å². The second-order valence-corrected chi connectivity index (χ2v) is 6.46. The Morgan fingerprint density at radius 2 is 2.37 bits per heavy atom. The van der Waals surface area contributed by atoms with E-state index in [9.17, 15) is 13.2 Å². The Morgan fingerprint density at radius 3 is 2.95 bits per heavy atom. The third-order valence-electron chi connectivity index (χ3n) is 3.08. The molecule has 1 atom stereocenters. The Bertz CT molecular complexity index is 566. The van der Waals surface area contributed by atoms with E-state index in [0.717, 1.165) is 6.42 Å². The van der Waals surface area contributed by atoms with Crippen molar-refractivity contribution < 1.29 is 17.9 Å². The van der Waals surface area contributed by atoms with Gasteiger partial charge < -0.3 is 4.74 Å². The number of carbonyl (C=O) groups excluding carboxylic acids is 1. The summed E-state index contributed by atoms with van der Waals surface area (Å²) in [7, 11) is -3.71. The highest BCUT2D eigenvalue weighted by Gasteiger charge is 2.35. The number of aromatic amines is 1. The molecule has 1 N–H and O–H groups in total. The van der Waals surface area contributed by atoms with Crippen LogP contribution >= 0.6 is 0 Å². The summed E-state index contributed by atoms with van der Waals surface area (Å²) in [5, 5.41) is 5.87. The number of rotatable bonds is 4.